The third-order valence-electron chi connectivity index (χ3n) is 3.18. The van der Waals surface area contributed by atoms with E-state index in [1.54, 1.807) is 12.1 Å². The third-order valence-corrected chi connectivity index (χ3v) is 3.67. The highest BCUT2D eigenvalue weighted by atomic mass is 79.9. The van der Waals surface area contributed by atoms with Crippen LogP contribution in [0.2, 0.25) is 0 Å². The molecule has 2 unspecified atom stereocenters. The van der Waals surface area contributed by atoms with Gasteiger partial charge in [0, 0.05) is 35.1 Å². The highest BCUT2D eigenvalue weighted by Gasteiger charge is 2.21. The molecule has 98 valence electrons. The number of amides is 1. The highest BCUT2D eigenvalue weighted by molar-refractivity contribution is 9.10. The fourth-order valence-corrected chi connectivity index (χ4v) is 2.54. The number of piperidine rings is 1. The van der Waals surface area contributed by atoms with E-state index in [2.05, 4.69) is 26.6 Å². The zero-order chi connectivity index (χ0) is 13.1. The van der Waals surface area contributed by atoms with Crippen LogP contribution in [0.4, 0.5) is 4.39 Å². The van der Waals surface area contributed by atoms with Crippen molar-refractivity contribution in [2.45, 2.75) is 31.8 Å². The van der Waals surface area contributed by atoms with Gasteiger partial charge in [0.1, 0.15) is 5.82 Å². The van der Waals surface area contributed by atoms with E-state index in [1.165, 1.54) is 6.07 Å². The summed E-state index contributed by atoms with van der Waals surface area (Å²) < 4.78 is 14.6. The van der Waals surface area contributed by atoms with Crippen LogP contribution in [0.5, 0.6) is 0 Å². The lowest BCUT2D eigenvalue weighted by Gasteiger charge is -2.27. The summed E-state index contributed by atoms with van der Waals surface area (Å²) >= 11 is 3.35. The molecule has 1 amide bonds. The molecule has 18 heavy (non-hydrogen) atoms. The van der Waals surface area contributed by atoms with Crippen LogP contribution in [0.1, 0.15) is 31.4 Å². The maximum Gasteiger partial charge on any atom is 0.220 e. The molecular formula is C13H16BrFN2O. The molecule has 0 aliphatic carbocycles. The van der Waals surface area contributed by atoms with Gasteiger partial charge in [-0.1, -0.05) is 15.9 Å². The Labute approximate surface area is 114 Å². The van der Waals surface area contributed by atoms with E-state index in [-0.39, 0.29) is 23.8 Å². The van der Waals surface area contributed by atoms with Crippen molar-refractivity contribution in [1.29, 1.82) is 0 Å². The predicted octanol–water partition coefficient (Wildman–Crippen LogP) is 2.52. The maximum absolute atomic E-state index is 13.7. The molecule has 1 heterocycles. The second-order valence-corrected chi connectivity index (χ2v) is 5.51. The minimum atomic E-state index is -0.210. The van der Waals surface area contributed by atoms with Crippen LogP contribution in [-0.4, -0.2) is 18.5 Å². The van der Waals surface area contributed by atoms with Crippen molar-refractivity contribution in [2.24, 2.45) is 0 Å². The number of halogens is 2. The third kappa shape index (κ3) is 3.29. The standard InChI is InChI=1S/C13H16BrFN2O/c1-8(11-6-9(14)2-4-12(11)15)17-10-3-5-13(18)16-7-10/h2,4,6,8,10,17H,3,5,7H2,1H3,(H,16,18). The van der Waals surface area contributed by atoms with Crippen LogP contribution < -0.4 is 10.6 Å². The van der Waals surface area contributed by atoms with Gasteiger partial charge in [-0.25, -0.2) is 4.39 Å². The molecule has 1 fully saturated rings. The lowest BCUT2D eigenvalue weighted by molar-refractivity contribution is -0.122. The van der Waals surface area contributed by atoms with E-state index in [0.717, 1.165) is 10.9 Å². The van der Waals surface area contributed by atoms with Crippen molar-refractivity contribution in [1.82, 2.24) is 10.6 Å². The van der Waals surface area contributed by atoms with Crippen molar-refractivity contribution >= 4 is 21.8 Å². The van der Waals surface area contributed by atoms with Gasteiger partial charge in [-0.15, -0.1) is 0 Å². The van der Waals surface area contributed by atoms with Crippen molar-refractivity contribution in [2.75, 3.05) is 6.54 Å². The number of carbonyl (C=O) groups is 1. The number of nitrogens with one attached hydrogen (secondary N) is 2. The van der Waals surface area contributed by atoms with Crippen molar-refractivity contribution in [3.05, 3.63) is 34.1 Å². The Balaban J connectivity index is 2.00. The van der Waals surface area contributed by atoms with E-state index in [1.807, 2.05) is 6.92 Å². The Morgan fingerprint density at radius 1 is 1.56 bits per heavy atom. The summed E-state index contributed by atoms with van der Waals surface area (Å²) in [6.07, 6.45) is 1.33. The van der Waals surface area contributed by atoms with Crippen LogP contribution in [0, 0.1) is 5.82 Å². The maximum atomic E-state index is 13.7. The van der Waals surface area contributed by atoms with Gasteiger partial charge in [0.2, 0.25) is 5.91 Å². The molecule has 0 saturated carbocycles. The highest BCUT2D eigenvalue weighted by Crippen LogP contribution is 2.22. The summed E-state index contributed by atoms with van der Waals surface area (Å²) in [6.45, 7) is 2.54. The van der Waals surface area contributed by atoms with Crippen LogP contribution in [-0.2, 0) is 4.79 Å². The average Bonchev–Trinajstić information content (AvgIpc) is 2.35. The second kappa shape index (κ2) is 5.80. The summed E-state index contributed by atoms with van der Waals surface area (Å²) in [4.78, 5) is 11.1. The smallest absolute Gasteiger partial charge is 0.220 e. The average molecular weight is 315 g/mol. The Hall–Kier alpha value is -0.940. The van der Waals surface area contributed by atoms with Gasteiger partial charge in [0.15, 0.2) is 0 Å². The summed E-state index contributed by atoms with van der Waals surface area (Å²) in [7, 11) is 0. The Morgan fingerprint density at radius 3 is 3.00 bits per heavy atom. The molecule has 5 heteroatoms. The molecular weight excluding hydrogens is 299 g/mol. The van der Waals surface area contributed by atoms with Gasteiger partial charge in [-0.3, -0.25) is 4.79 Å². The molecule has 0 spiro atoms. The molecule has 2 N–H and O–H groups in total. The van der Waals surface area contributed by atoms with E-state index in [0.29, 0.717) is 18.5 Å². The topological polar surface area (TPSA) is 41.1 Å². The SMILES string of the molecule is CC(NC1CCC(=O)NC1)c1cc(Br)ccc1F. The van der Waals surface area contributed by atoms with Crippen LogP contribution in [0.15, 0.2) is 22.7 Å². The first kappa shape index (κ1) is 13.5. The van der Waals surface area contributed by atoms with Crippen molar-refractivity contribution in [3.8, 4) is 0 Å². The largest absolute Gasteiger partial charge is 0.355 e. The number of hydrogen-bond donors (Lipinski definition) is 2. The summed E-state index contributed by atoms with van der Waals surface area (Å²) in [6, 6.07) is 5.06. The van der Waals surface area contributed by atoms with Crippen molar-refractivity contribution in [3.63, 3.8) is 0 Å². The molecule has 2 rings (SSSR count). The van der Waals surface area contributed by atoms with Gasteiger partial charge in [-0.05, 0) is 31.5 Å². The Morgan fingerprint density at radius 2 is 2.33 bits per heavy atom. The summed E-state index contributed by atoms with van der Waals surface area (Å²) in [5.41, 5.74) is 0.640. The van der Waals surface area contributed by atoms with Crippen LogP contribution in [0.3, 0.4) is 0 Å². The van der Waals surface area contributed by atoms with E-state index < -0.39 is 0 Å². The molecule has 1 aromatic carbocycles. The summed E-state index contributed by atoms with van der Waals surface area (Å²) in [5, 5.41) is 6.16. The number of benzene rings is 1. The predicted molar refractivity (Wildman–Crippen MR) is 71.7 cm³/mol. The molecule has 0 bridgehead atoms. The van der Waals surface area contributed by atoms with Gasteiger partial charge in [0.25, 0.3) is 0 Å². The van der Waals surface area contributed by atoms with Gasteiger partial charge in [0.05, 0.1) is 0 Å². The minimum Gasteiger partial charge on any atom is -0.355 e. The van der Waals surface area contributed by atoms with Crippen molar-refractivity contribution < 1.29 is 9.18 Å². The normalized spacial score (nSPS) is 21.5. The first-order valence-electron chi connectivity index (χ1n) is 6.04. The number of rotatable bonds is 3. The first-order valence-corrected chi connectivity index (χ1v) is 6.83. The quantitative estimate of drug-likeness (QED) is 0.900. The monoisotopic (exact) mass is 314 g/mol. The molecule has 3 nitrogen and oxygen atoms in total. The first-order chi connectivity index (χ1) is 8.56. The molecule has 1 saturated heterocycles. The fourth-order valence-electron chi connectivity index (χ4n) is 2.16. The van der Waals surface area contributed by atoms with E-state index >= 15 is 0 Å². The molecule has 1 aromatic rings. The molecule has 0 aromatic heterocycles. The number of carbonyl (C=O) groups excluding carboxylic acids is 1. The molecule has 1 aliphatic rings. The minimum absolute atomic E-state index is 0.0810. The van der Waals surface area contributed by atoms with Crippen LogP contribution in [0.25, 0.3) is 0 Å². The zero-order valence-electron chi connectivity index (χ0n) is 10.2. The lowest BCUT2D eigenvalue weighted by Crippen LogP contribution is -2.46. The molecule has 0 radical (unpaired) electrons. The Bertz CT molecular complexity index is 443. The van der Waals surface area contributed by atoms with E-state index in [9.17, 15) is 9.18 Å². The fraction of sp³-hybridized carbons (Fsp3) is 0.462. The second-order valence-electron chi connectivity index (χ2n) is 4.59. The molecule has 1 aliphatic heterocycles. The van der Waals surface area contributed by atoms with E-state index in [4.69, 9.17) is 0 Å². The Kier molecular flexibility index (Phi) is 4.35. The lowest BCUT2D eigenvalue weighted by atomic mass is 10.0. The number of hydrogen-bond acceptors (Lipinski definition) is 2. The van der Waals surface area contributed by atoms with Gasteiger partial charge in [-0.2, -0.15) is 0 Å². The van der Waals surface area contributed by atoms with Gasteiger partial charge < -0.3 is 10.6 Å². The van der Waals surface area contributed by atoms with Gasteiger partial charge >= 0.3 is 0 Å². The summed E-state index contributed by atoms with van der Waals surface area (Å²) in [5.74, 6) is -0.118. The van der Waals surface area contributed by atoms with Crippen LogP contribution >= 0.6 is 15.9 Å². The zero-order valence-corrected chi connectivity index (χ0v) is 11.8. The molecule has 2 atom stereocenters.